The van der Waals surface area contributed by atoms with E-state index in [1.54, 1.807) is 0 Å². The van der Waals surface area contributed by atoms with Gasteiger partial charge in [-0.15, -0.1) is 0 Å². The van der Waals surface area contributed by atoms with E-state index < -0.39 is 61.7 Å². The third-order valence-corrected chi connectivity index (χ3v) is 1.00. The molecule has 0 unspecified atom stereocenters. The lowest BCUT2D eigenvalue weighted by Crippen LogP contribution is -1.86. The van der Waals surface area contributed by atoms with E-state index in [2.05, 4.69) is 0 Å². The van der Waals surface area contributed by atoms with E-state index >= 15 is 0 Å². The molecule has 0 N–H and O–H groups in total. The van der Waals surface area contributed by atoms with E-state index in [1.165, 1.54) is 0 Å². The van der Waals surface area contributed by atoms with Crippen molar-refractivity contribution in [1.29, 1.82) is 0 Å². The number of hydrogen-bond donors (Lipinski definition) is 0. The van der Waals surface area contributed by atoms with E-state index in [1.807, 2.05) is 0 Å². The summed E-state index contributed by atoms with van der Waals surface area (Å²) >= 11 is 0. The van der Waals surface area contributed by atoms with Gasteiger partial charge < -0.3 is 0 Å². The van der Waals surface area contributed by atoms with Crippen molar-refractivity contribution in [3.05, 3.63) is 34.3 Å². The molecule has 54 valence electrons. The van der Waals surface area contributed by atoms with Crippen LogP contribution < -0.4 is 0 Å². The van der Waals surface area contributed by atoms with Crippen molar-refractivity contribution in [1.82, 2.24) is 0 Å². The summed E-state index contributed by atoms with van der Waals surface area (Å²) in [6.07, 6.45) is 0. The van der Waals surface area contributed by atoms with Crippen LogP contribution in [0, 0.1) is 27.4 Å². The van der Waals surface area contributed by atoms with Crippen molar-refractivity contribution in [2.75, 3.05) is 0 Å². The molecule has 0 heterocycles. The van der Waals surface area contributed by atoms with Crippen molar-refractivity contribution in [3.63, 3.8) is 0 Å². The smallest absolute Gasteiger partial charge is 0.0561 e. The van der Waals surface area contributed by atoms with Gasteiger partial charge in [0.2, 0.25) is 0 Å². The Morgan fingerprint density at radius 3 is 2.20 bits per heavy atom. The van der Waals surface area contributed by atoms with Crippen molar-refractivity contribution in [2.24, 2.45) is 0 Å². The fourth-order valence-electron chi connectivity index (χ4n) is 0.531. The van der Waals surface area contributed by atoms with Crippen LogP contribution in [0.4, 0.5) is 0 Å². The lowest BCUT2D eigenvalue weighted by molar-refractivity contribution is 1.23. The van der Waals surface area contributed by atoms with Crippen LogP contribution in [-0.4, -0.2) is 0 Å². The summed E-state index contributed by atoms with van der Waals surface area (Å²) in [5, 5.41) is 0. The van der Waals surface area contributed by atoms with E-state index in [0.29, 0.717) is 0 Å². The van der Waals surface area contributed by atoms with E-state index in [-0.39, 0.29) is 0 Å². The molecule has 0 aliphatic rings. The number of rotatable bonds is 0. The summed E-state index contributed by atoms with van der Waals surface area (Å²) in [7, 11) is 0. The van der Waals surface area contributed by atoms with Gasteiger partial charge in [0, 0.05) is 16.4 Å². The molecule has 0 bridgehead atoms. The lowest BCUT2D eigenvalue weighted by Gasteiger charge is -2.04. The third kappa shape index (κ3) is 1.21. The number of benzene rings is 1. The molecule has 0 amide bonds. The van der Waals surface area contributed by atoms with Crippen LogP contribution in [0.2, 0.25) is 0 Å². The van der Waals surface area contributed by atoms with Gasteiger partial charge in [-0.25, -0.2) is 0 Å². The molecule has 1 rings (SSSR count). The summed E-state index contributed by atoms with van der Waals surface area (Å²) in [6.45, 7) is -12.9. The quantitative estimate of drug-likeness (QED) is 0.530. The van der Waals surface area contributed by atoms with Gasteiger partial charge in [-0.3, -0.25) is 0 Å². The van der Waals surface area contributed by atoms with Crippen LogP contribution in [0.5, 0.6) is 0 Å². The molecule has 0 saturated heterocycles. The second-order valence-electron chi connectivity index (χ2n) is 1.75. The molecule has 0 heteroatoms. The van der Waals surface area contributed by atoms with Crippen molar-refractivity contribution in [3.8, 4) is 0 Å². The molecule has 0 fully saturated rings. The molecule has 1 aromatic carbocycles. The largest absolute Gasteiger partial charge is 0.0628 e. The SMILES string of the molecule is [2H]c1c(C([2H])([2H])[2H])c([2H])c(C([2H])([2H])[2H])c(C([2H])([2H])[2H])c1C([2H])([2H])[2H]. The maximum atomic E-state index is 7.85. The Bertz CT molecular complexity index is 597. The highest BCUT2D eigenvalue weighted by Crippen LogP contribution is 2.13. The van der Waals surface area contributed by atoms with Crippen molar-refractivity contribution >= 4 is 0 Å². The fraction of sp³-hybridized carbons (Fsp3) is 0.400. The summed E-state index contributed by atoms with van der Waals surface area (Å²) in [5.41, 5.74) is -4.61. The third-order valence-electron chi connectivity index (χ3n) is 1.00. The molecule has 0 atom stereocenters. The lowest BCUT2D eigenvalue weighted by atomic mass is 10.0. The Balaban J connectivity index is 4.31. The number of hydrogen-bond acceptors (Lipinski definition) is 0. The average Bonchev–Trinajstić information content (AvgIpc) is 2.20. The summed E-state index contributed by atoms with van der Waals surface area (Å²) in [6, 6.07) is -2.33. The Labute approximate surface area is 82.6 Å². The van der Waals surface area contributed by atoms with E-state index in [9.17, 15) is 0 Å². The predicted molar refractivity (Wildman–Crippen MR) is 45.4 cm³/mol. The first-order chi connectivity index (χ1) is 10.3. The first-order valence-corrected chi connectivity index (χ1v) is 2.50. The summed E-state index contributed by atoms with van der Waals surface area (Å²) < 4.78 is 105. The molecule has 0 radical (unpaired) electrons. The topological polar surface area (TPSA) is 0 Å². The highest BCUT2D eigenvalue weighted by molar-refractivity contribution is 5.35. The minimum absolute atomic E-state index is 1.09. The van der Waals surface area contributed by atoms with Gasteiger partial charge in [0.25, 0.3) is 0 Å². The zero-order chi connectivity index (χ0) is 19.5. The monoisotopic (exact) mass is 148 g/mol. The van der Waals surface area contributed by atoms with Gasteiger partial charge >= 0.3 is 0 Å². The van der Waals surface area contributed by atoms with Crippen LogP contribution in [0.1, 0.15) is 41.4 Å². The molecule has 0 aromatic heterocycles. The van der Waals surface area contributed by atoms with Gasteiger partial charge in [0.1, 0.15) is 0 Å². The van der Waals surface area contributed by atoms with Crippen LogP contribution in [0.25, 0.3) is 0 Å². The molecule has 0 aliphatic heterocycles. The van der Waals surface area contributed by atoms with Gasteiger partial charge in [-0.1, -0.05) is 17.6 Å². The molecule has 0 saturated carbocycles. The highest BCUT2D eigenvalue weighted by atomic mass is 14.0. The second kappa shape index (κ2) is 2.45. The second-order valence-corrected chi connectivity index (χ2v) is 1.75. The molecular weight excluding hydrogens is 120 g/mol. The normalized spacial score (nSPS) is 35.6. The zero-order valence-electron chi connectivity index (χ0n) is 19.0. The predicted octanol–water partition coefficient (Wildman–Crippen LogP) is 2.92. The Hall–Kier alpha value is -0.780. The molecular formula is C10H14. The maximum absolute atomic E-state index is 7.85. The molecule has 10 heavy (non-hydrogen) atoms. The zero-order valence-corrected chi connectivity index (χ0v) is 5.00. The van der Waals surface area contributed by atoms with Gasteiger partial charge in [-0.05, 0) is 44.1 Å². The standard InChI is InChI=1S/C10H14/c1-7-5-8(2)10(4)9(3)6-7/h5-6H,1-4H3/i1D3,2D3,3D3,4D3,5D,6D. The highest BCUT2D eigenvalue weighted by Gasteiger charge is 1.95. The minimum Gasteiger partial charge on any atom is -0.0561 e. The van der Waals surface area contributed by atoms with Gasteiger partial charge in [-0.2, -0.15) is 0 Å². The summed E-state index contributed by atoms with van der Waals surface area (Å²) in [4.78, 5) is 0. The Morgan fingerprint density at radius 2 is 1.80 bits per heavy atom. The van der Waals surface area contributed by atoms with Gasteiger partial charge in [0.15, 0.2) is 0 Å². The first-order valence-electron chi connectivity index (χ1n) is 9.50. The Kier molecular flexibility index (Phi) is 0.283. The molecule has 0 aliphatic carbocycles. The fourth-order valence-corrected chi connectivity index (χ4v) is 0.531. The molecule has 0 nitrogen and oxygen atoms in total. The van der Waals surface area contributed by atoms with Crippen LogP contribution in [0.15, 0.2) is 12.1 Å². The van der Waals surface area contributed by atoms with Crippen LogP contribution >= 0.6 is 0 Å². The maximum Gasteiger partial charge on any atom is 0.0628 e. The van der Waals surface area contributed by atoms with E-state index in [0.717, 1.165) is 0 Å². The van der Waals surface area contributed by atoms with Gasteiger partial charge in [0.05, 0.1) is 2.74 Å². The first kappa shape index (κ1) is 1.16. The van der Waals surface area contributed by atoms with Crippen LogP contribution in [-0.2, 0) is 0 Å². The molecule has 1 aromatic rings. The van der Waals surface area contributed by atoms with Crippen molar-refractivity contribution < 1.29 is 19.2 Å². The van der Waals surface area contributed by atoms with Crippen molar-refractivity contribution in [2.45, 2.75) is 27.4 Å². The molecule has 0 spiro atoms. The van der Waals surface area contributed by atoms with E-state index in [4.69, 9.17) is 19.2 Å². The van der Waals surface area contributed by atoms with Crippen LogP contribution in [0.3, 0.4) is 0 Å². The average molecular weight is 148 g/mol. The summed E-state index contributed by atoms with van der Waals surface area (Å²) in [5.74, 6) is 0. The minimum atomic E-state index is -3.26. The Morgan fingerprint density at radius 1 is 1.10 bits per heavy atom.